The topological polar surface area (TPSA) is 60.2 Å². The molecular weight excluding hydrogens is 266 g/mol. The van der Waals surface area contributed by atoms with Gasteiger partial charge in [-0.15, -0.1) is 0 Å². The molecule has 1 aliphatic rings. The minimum Gasteiger partial charge on any atom is -0.378 e. The second-order valence-electron chi connectivity index (χ2n) is 4.40. The lowest BCUT2D eigenvalue weighted by Gasteiger charge is -2.20. The Balaban J connectivity index is 1.73. The molecule has 1 fully saturated rings. The van der Waals surface area contributed by atoms with Gasteiger partial charge in [-0.1, -0.05) is 35.0 Å². The number of aromatic nitrogens is 2. The van der Waals surface area contributed by atoms with Crippen LogP contribution in [0.5, 0.6) is 0 Å². The number of hydrogen-bond acceptors (Lipinski definition) is 5. The van der Waals surface area contributed by atoms with Crippen molar-refractivity contribution in [2.75, 3.05) is 19.8 Å². The third-order valence-electron chi connectivity index (χ3n) is 3.01. The highest BCUT2D eigenvalue weighted by atomic mass is 35.5. The van der Waals surface area contributed by atoms with Gasteiger partial charge in [-0.05, 0) is 11.6 Å². The minimum atomic E-state index is -0.0127. The zero-order chi connectivity index (χ0) is 13.1. The van der Waals surface area contributed by atoms with Crippen molar-refractivity contribution in [2.24, 2.45) is 0 Å². The lowest BCUT2D eigenvalue weighted by atomic mass is 10.1. The number of ether oxygens (including phenoxy) is 1. The van der Waals surface area contributed by atoms with Gasteiger partial charge in [0.15, 0.2) is 5.82 Å². The predicted octanol–water partition coefficient (Wildman–Crippen LogP) is 1.97. The van der Waals surface area contributed by atoms with E-state index in [1.54, 1.807) is 0 Å². The van der Waals surface area contributed by atoms with Crippen LogP contribution >= 0.6 is 11.6 Å². The van der Waals surface area contributed by atoms with Crippen LogP contribution in [-0.4, -0.2) is 29.9 Å². The Morgan fingerprint density at radius 3 is 3.05 bits per heavy atom. The summed E-state index contributed by atoms with van der Waals surface area (Å²) in [5.41, 5.74) is 0.990. The monoisotopic (exact) mass is 279 g/mol. The van der Waals surface area contributed by atoms with Crippen molar-refractivity contribution in [3.8, 4) is 0 Å². The molecule has 1 aromatic heterocycles. The van der Waals surface area contributed by atoms with E-state index in [1.165, 1.54) is 0 Å². The summed E-state index contributed by atoms with van der Waals surface area (Å²) in [7, 11) is 0. The third kappa shape index (κ3) is 2.94. The second-order valence-corrected chi connectivity index (χ2v) is 4.81. The van der Waals surface area contributed by atoms with Crippen molar-refractivity contribution >= 4 is 11.6 Å². The summed E-state index contributed by atoms with van der Waals surface area (Å²) in [6.07, 6.45) is 0.566. The zero-order valence-corrected chi connectivity index (χ0v) is 11.1. The first kappa shape index (κ1) is 12.6. The molecule has 1 saturated heterocycles. The zero-order valence-electron chi connectivity index (χ0n) is 10.3. The lowest BCUT2D eigenvalue weighted by Crippen LogP contribution is -2.34. The second kappa shape index (κ2) is 5.69. The molecular formula is C13H14ClN3O2. The van der Waals surface area contributed by atoms with E-state index in [2.05, 4.69) is 15.5 Å². The van der Waals surface area contributed by atoms with Crippen LogP contribution in [0.1, 0.15) is 23.3 Å². The van der Waals surface area contributed by atoms with Gasteiger partial charge < -0.3 is 14.6 Å². The van der Waals surface area contributed by atoms with Gasteiger partial charge in [0, 0.05) is 18.0 Å². The Morgan fingerprint density at radius 1 is 1.37 bits per heavy atom. The van der Waals surface area contributed by atoms with Crippen LogP contribution in [0.2, 0.25) is 5.02 Å². The third-order valence-corrected chi connectivity index (χ3v) is 3.38. The number of benzene rings is 1. The summed E-state index contributed by atoms with van der Waals surface area (Å²) in [4.78, 5) is 4.39. The standard InChI is InChI=1S/C13H14ClN3O2/c14-10-4-2-1-3-9(10)7-12-16-13(19-17-12)11-8-18-6-5-15-11/h1-4,11,15H,5-8H2. The number of nitrogens with one attached hydrogen (secondary N) is 1. The number of rotatable bonds is 3. The molecule has 6 heteroatoms. The van der Waals surface area contributed by atoms with Crippen LogP contribution in [-0.2, 0) is 11.2 Å². The first-order valence-electron chi connectivity index (χ1n) is 6.20. The van der Waals surface area contributed by atoms with Crippen molar-refractivity contribution in [2.45, 2.75) is 12.5 Å². The fraction of sp³-hybridized carbons (Fsp3) is 0.385. The van der Waals surface area contributed by atoms with E-state index in [4.69, 9.17) is 20.9 Å². The molecule has 1 atom stereocenters. The summed E-state index contributed by atoms with van der Waals surface area (Å²) >= 11 is 6.11. The number of halogens is 1. The van der Waals surface area contributed by atoms with Crippen LogP contribution in [0.3, 0.4) is 0 Å². The van der Waals surface area contributed by atoms with Crippen molar-refractivity contribution in [3.05, 3.63) is 46.6 Å². The van der Waals surface area contributed by atoms with Crippen LogP contribution in [0.25, 0.3) is 0 Å². The summed E-state index contributed by atoms with van der Waals surface area (Å²) in [6, 6.07) is 7.64. The van der Waals surface area contributed by atoms with Gasteiger partial charge >= 0.3 is 0 Å². The Labute approximate surface area is 115 Å². The molecule has 100 valence electrons. The fourth-order valence-electron chi connectivity index (χ4n) is 2.02. The predicted molar refractivity (Wildman–Crippen MR) is 70.1 cm³/mol. The van der Waals surface area contributed by atoms with Crippen molar-refractivity contribution < 1.29 is 9.26 Å². The molecule has 1 aliphatic heterocycles. The van der Waals surface area contributed by atoms with Crippen LogP contribution < -0.4 is 5.32 Å². The Morgan fingerprint density at radius 2 is 2.26 bits per heavy atom. The molecule has 0 aliphatic carbocycles. The minimum absolute atomic E-state index is 0.0127. The van der Waals surface area contributed by atoms with Gasteiger partial charge in [-0.25, -0.2) is 0 Å². The average molecular weight is 280 g/mol. The molecule has 0 radical (unpaired) electrons. The van der Waals surface area contributed by atoms with Gasteiger partial charge in [0.1, 0.15) is 6.04 Å². The summed E-state index contributed by atoms with van der Waals surface area (Å²) in [6.45, 7) is 2.08. The first-order valence-corrected chi connectivity index (χ1v) is 6.58. The molecule has 0 saturated carbocycles. The van der Waals surface area contributed by atoms with E-state index in [0.29, 0.717) is 29.8 Å². The normalized spacial score (nSPS) is 19.5. The van der Waals surface area contributed by atoms with Crippen molar-refractivity contribution in [3.63, 3.8) is 0 Å². The Bertz CT molecular complexity index is 552. The van der Waals surface area contributed by atoms with Crippen LogP contribution in [0.15, 0.2) is 28.8 Å². The SMILES string of the molecule is Clc1ccccc1Cc1noc(C2COCCN2)n1. The van der Waals surface area contributed by atoms with Gasteiger partial charge in [-0.3, -0.25) is 0 Å². The highest BCUT2D eigenvalue weighted by molar-refractivity contribution is 6.31. The molecule has 0 amide bonds. The molecule has 2 aromatic rings. The maximum absolute atomic E-state index is 6.11. The number of hydrogen-bond donors (Lipinski definition) is 1. The Hall–Kier alpha value is -1.43. The molecule has 2 heterocycles. The number of morpholine rings is 1. The van der Waals surface area contributed by atoms with E-state index in [-0.39, 0.29) is 6.04 Å². The van der Waals surface area contributed by atoms with E-state index in [1.807, 2.05) is 24.3 Å². The summed E-state index contributed by atoms with van der Waals surface area (Å²) in [5, 5.41) is 7.98. The quantitative estimate of drug-likeness (QED) is 0.931. The fourth-order valence-corrected chi connectivity index (χ4v) is 2.22. The highest BCUT2D eigenvalue weighted by Crippen LogP contribution is 2.19. The average Bonchev–Trinajstić information content (AvgIpc) is 2.91. The molecule has 3 rings (SSSR count). The maximum atomic E-state index is 6.11. The van der Waals surface area contributed by atoms with Gasteiger partial charge in [-0.2, -0.15) is 4.98 Å². The summed E-state index contributed by atoms with van der Waals surface area (Å²) < 4.78 is 10.6. The van der Waals surface area contributed by atoms with Crippen LogP contribution in [0, 0.1) is 0 Å². The smallest absolute Gasteiger partial charge is 0.246 e. The van der Waals surface area contributed by atoms with Gasteiger partial charge in [0.2, 0.25) is 5.89 Å². The molecule has 0 spiro atoms. The summed E-state index contributed by atoms with van der Waals surface area (Å²) in [5.74, 6) is 1.21. The molecule has 0 bridgehead atoms. The van der Waals surface area contributed by atoms with Crippen molar-refractivity contribution in [1.82, 2.24) is 15.5 Å². The number of nitrogens with zero attached hydrogens (tertiary/aromatic N) is 2. The lowest BCUT2D eigenvalue weighted by molar-refractivity contribution is 0.0659. The van der Waals surface area contributed by atoms with E-state index >= 15 is 0 Å². The van der Waals surface area contributed by atoms with Crippen LogP contribution in [0.4, 0.5) is 0 Å². The van der Waals surface area contributed by atoms with Crippen molar-refractivity contribution in [1.29, 1.82) is 0 Å². The first-order chi connectivity index (χ1) is 9.33. The molecule has 1 unspecified atom stereocenters. The van der Waals surface area contributed by atoms with E-state index in [0.717, 1.165) is 18.7 Å². The highest BCUT2D eigenvalue weighted by Gasteiger charge is 2.21. The van der Waals surface area contributed by atoms with E-state index < -0.39 is 0 Å². The van der Waals surface area contributed by atoms with Gasteiger partial charge in [0.25, 0.3) is 0 Å². The van der Waals surface area contributed by atoms with E-state index in [9.17, 15) is 0 Å². The molecule has 1 N–H and O–H groups in total. The Kier molecular flexibility index (Phi) is 3.77. The maximum Gasteiger partial charge on any atom is 0.246 e. The molecule has 5 nitrogen and oxygen atoms in total. The largest absolute Gasteiger partial charge is 0.378 e. The molecule has 1 aromatic carbocycles. The molecule has 19 heavy (non-hydrogen) atoms. The van der Waals surface area contributed by atoms with Gasteiger partial charge in [0.05, 0.1) is 13.2 Å².